The van der Waals surface area contributed by atoms with E-state index < -0.39 is 0 Å². The molecule has 0 aliphatic rings. The summed E-state index contributed by atoms with van der Waals surface area (Å²) >= 11 is 0. The molecule has 0 aliphatic heterocycles. The first-order chi connectivity index (χ1) is 8.20. The molecule has 3 N–H and O–H groups in total. The van der Waals surface area contributed by atoms with Gasteiger partial charge in [0.15, 0.2) is 0 Å². The maximum atomic E-state index is 11.5. The van der Waals surface area contributed by atoms with Crippen molar-refractivity contribution < 1.29 is 4.79 Å². The van der Waals surface area contributed by atoms with Crippen molar-refractivity contribution in [3.8, 4) is 0 Å². The van der Waals surface area contributed by atoms with Crippen molar-refractivity contribution in [3.63, 3.8) is 0 Å². The molecular weight excluding hydrogens is 216 g/mol. The smallest absolute Gasteiger partial charge is 0.283 e. The number of hydrogen-bond acceptors (Lipinski definition) is 3. The van der Waals surface area contributed by atoms with Crippen LogP contribution in [0.2, 0.25) is 0 Å². The number of nitrogens with two attached hydrogens (primary N) is 1. The van der Waals surface area contributed by atoms with Gasteiger partial charge in [0.2, 0.25) is 0 Å². The Morgan fingerprint density at radius 2 is 2.12 bits per heavy atom. The SMILES string of the molecule is Cc1cc(C(=O)NN)n(Cc2ccccc2)n1. The highest BCUT2D eigenvalue weighted by atomic mass is 16.2. The molecule has 5 heteroatoms. The van der Waals surface area contributed by atoms with E-state index in [1.54, 1.807) is 10.7 Å². The minimum Gasteiger partial charge on any atom is -0.289 e. The van der Waals surface area contributed by atoms with Gasteiger partial charge in [-0.1, -0.05) is 30.3 Å². The summed E-state index contributed by atoms with van der Waals surface area (Å²) in [5.41, 5.74) is 4.46. The number of hydrazine groups is 1. The highest BCUT2D eigenvalue weighted by Gasteiger charge is 2.12. The van der Waals surface area contributed by atoms with Crippen molar-refractivity contribution in [2.75, 3.05) is 0 Å². The number of hydrogen-bond donors (Lipinski definition) is 2. The van der Waals surface area contributed by atoms with Crippen LogP contribution >= 0.6 is 0 Å². The molecule has 2 aromatic rings. The third-order valence-corrected chi connectivity index (χ3v) is 2.44. The van der Waals surface area contributed by atoms with Crippen LogP contribution in [-0.4, -0.2) is 15.7 Å². The molecule has 1 aromatic heterocycles. The topological polar surface area (TPSA) is 72.9 Å². The Morgan fingerprint density at radius 1 is 1.41 bits per heavy atom. The molecule has 0 radical (unpaired) electrons. The number of nitrogens with one attached hydrogen (secondary N) is 1. The highest BCUT2D eigenvalue weighted by Crippen LogP contribution is 2.07. The Balaban J connectivity index is 2.30. The lowest BCUT2D eigenvalue weighted by Gasteiger charge is -2.06. The Kier molecular flexibility index (Phi) is 3.20. The van der Waals surface area contributed by atoms with Crippen molar-refractivity contribution in [3.05, 3.63) is 53.3 Å². The van der Waals surface area contributed by atoms with Gasteiger partial charge in [-0.05, 0) is 18.6 Å². The predicted octanol–water partition coefficient (Wildman–Crippen LogP) is 0.843. The van der Waals surface area contributed by atoms with E-state index in [4.69, 9.17) is 5.84 Å². The summed E-state index contributed by atoms with van der Waals surface area (Å²) in [6, 6.07) is 11.5. The average molecular weight is 230 g/mol. The van der Waals surface area contributed by atoms with Crippen LogP contribution in [0.25, 0.3) is 0 Å². The van der Waals surface area contributed by atoms with Crippen LogP contribution in [-0.2, 0) is 6.54 Å². The summed E-state index contributed by atoms with van der Waals surface area (Å²) in [6.45, 7) is 2.40. The largest absolute Gasteiger partial charge is 0.289 e. The van der Waals surface area contributed by atoms with Gasteiger partial charge in [-0.25, -0.2) is 5.84 Å². The number of rotatable bonds is 3. The third kappa shape index (κ3) is 2.51. The maximum Gasteiger partial charge on any atom is 0.283 e. The van der Waals surface area contributed by atoms with Crippen LogP contribution in [0.3, 0.4) is 0 Å². The van der Waals surface area contributed by atoms with E-state index in [1.807, 2.05) is 37.3 Å². The van der Waals surface area contributed by atoms with E-state index in [0.717, 1.165) is 11.3 Å². The van der Waals surface area contributed by atoms with E-state index in [0.29, 0.717) is 12.2 Å². The van der Waals surface area contributed by atoms with Gasteiger partial charge < -0.3 is 0 Å². The number of nitrogens with zero attached hydrogens (tertiary/aromatic N) is 2. The van der Waals surface area contributed by atoms with Crippen molar-refractivity contribution >= 4 is 5.91 Å². The molecular formula is C12H14N4O. The minimum atomic E-state index is -0.332. The molecule has 0 fully saturated rings. The quantitative estimate of drug-likeness (QED) is 0.466. The minimum absolute atomic E-state index is 0.332. The van der Waals surface area contributed by atoms with Crippen LogP contribution in [0.15, 0.2) is 36.4 Å². The Labute approximate surface area is 99.2 Å². The Morgan fingerprint density at radius 3 is 2.76 bits per heavy atom. The number of aromatic nitrogens is 2. The third-order valence-electron chi connectivity index (χ3n) is 2.44. The van der Waals surface area contributed by atoms with Gasteiger partial charge in [0, 0.05) is 0 Å². The summed E-state index contributed by atoms with van der Waals surface area (Å²) in [6.07, 6.45) is 0. The number of carbonyl (C=O) groups is 1. The second-order valence-corrected chi connectivity index (χ2v) is 3.79. The lowest BCUT2D eigenvalue weighted by atomic mass is 10.2. The Hall–Kier alpha value is -2.14. The summed E-state index contributed by atoms with van der Waals surface area (Å²) in [4.78, 5) is 11.5. The first-order valence-corrected chi connectivity index (χ1v) is 5.30. The fourth-order valence-corrected chi connectivity index (χ4v) is 1.68. The molecule has 88 valence electrons. The van der Waals surface area contributed by atoms with Gasteiger partial charge in [-0.2, -0.15) is 5.10 Å². The zero-order valence-electron chi connectivity index (χ0n) is 9.55. The van der Waals surface area contributed by atoms with Crippen LogP contribution in [0, 0.1) is 6.92 Å². The molecule has 0 aliphatic carbocycles. The second-order valence-electron chi connectivity index (χ2n) is 3.79. The second kappa shape index (κ2) is 4.80. The molecule has 1 heterocycles. The summed E-state index contributed by atoms with van der Waals surface area (Å²) in [7, 11) is 0. The molecule has 0 spiro atoms. The van der Waals surface area contributed by atoms with Crippen molar-refractivity contribution in [1.82, 2.24) is 15.2 Å². The number of benzene rings is 1. The lowest BCUT2D eigenvalue weighted by Crippen LogP contribution is -2.32. The van der Waals surface area contributed by atoms with Gasteiger partial charge >= 0.3 is 0 Å². The first kappa shape index (κ1) is 11.3. The molecule has 0 bridgehead atoms. The van der Waals surface area contributed by atoms with Crippen molar-refractivity contribution in [2.24, 2.45) is 5.84 Å². The number of amides is 1. The number of aryl methyl sites for hydroxylation is 1. The van der Waals surface area contributed by atoms with Crippen LogP contribution in [0.5, 0.6) is 0 Å². The highest BCUT2D eigenvalue weighted by molar-refractivity contribution is 5.92. The normalized spacial score (nSPS) is 10.2. The fourth-order valence-electron chi connectivity index (χ4n) is 1.68. The van der Waals surface area contributed by atoms with Crippen LogP contribution in [0.4, 0.5) is 0 Å². The van der Waals surface area contributed by atoms with E-state index in [-0.39, 0.29) is 5.91 Å². The molecule has 17 heavy (non-hydrogen) atoms. The molecule has 5 nitrogen and oxygen atoms in total. The van der Waals surface area contributed by atoms with Gasteiger partial charge in [0.25, 0.3) is 5.91 Å². The van der Waals surface area contributed by atoms with Gasteiger partial charge in [-0.15, -0.1) is 0 Å². The van der Waals surface area contributed by atoms with E-state index in [9.17, 15) is 4.79 Å². The van der Waals surface area contributed by atoms with Crippen LogP contribution in [0.1, 0.15) is 21.7 Å². The summed E-state index contributed by atoms with van der Waals surface area (Å²) in [5, 5.41) is 4.28. The molecule has 2 rings (SSSR count). The van der Waals surface area contributed by atoms with Gasteiger partial charge in [-0.3, -0.25) is 14.9 Å². The molecule has 0 saturated heterocycles. The van der Waals surface area contributed by atoms with E-state index in [2.05, 4.69) is 10.5 Å². The summed E-state index contributed by atoms with van der Waals surface area (Å²) in [5.74, 6) is 4.80. The summed E-state index contributed by atoms with van der Waals surface area (Å²) < 4.78 is 1.65. The molecule has 0 saturated carbocycles. The lowest BCUT2D eigenvalue weighted by molar-refractivity contribution is 0.0943. The van der Waals surface area contributed by atoms with Crippen molar-refractivity contribution in [2.45, 2.75) is 13.5 Å². The molecule has 0 atom stereocenters. The average Bonchev–Trinajstić information content (AvgIpc) is 2.70. The monoisotopic (exact) mass is 230 g/mol. The molecule has 0 unspecified atom stereocenters. The first-order valence-electron chi connectivity index (χ1n) is 5.30. The Bertz CT molecular complexity index is 519. The fraction of sp³-hybridized carbons (Fsp3) is 0.167. The predicted molar refractivity (Wildman–Crippen MR) is 64.2 cm³/mol. The van der Waals surface area contributed by atoms with E-state index in [1.165, 1.54) is 0 Å². The van der Waals surface area contributed by atoms with Crippen LogP contribution < -0.4 is 11.3 Å². The molecule has 1 amide bonds. The van der Waals surface area contributed by atoms with E-state index >= 15 is 0 Å². The van der Waals surface area contributed by atoms with Gasteiger partial charge in [0.05, 0.1) is 12.2 Å². The standard InChI is InChI=1S/C12H14N4O/c1-9-7-11(12(17)14-13)16(15-9)8-10-5-3-2-4-6-10/h2-7H,8,13H2,1H3,(H,14,17). The maximum absolute atomic E-state index is 11.5. The number of carbonyl (C=O) groups excluding carboxylic acids is 1. The zero-order valence-corrected chi connectivity index (χ0v) is 9.55. The van der Waals surface area contributed by atoms with Gasteiger partial charge in [0.1, 0.15) is 5.69 Å². The van der Waals surface area contributed by atoms with Crippen molar-refractivity contribution in [1.29, 1.82) is 0 Å². The molecule has 1 aromatic carbocycles. The number of nitrogen functional groups attached to an aromatic ring is 1. The zero-order chi connectivity index (χ0) is 12.3.